The largest absolute Gasteiger partial charge is 0.371 e. The minimum Gasteiger partial charge on any atom is -0.371 e. The van der Waals surface area contributed by atoms with Crippen LogP contribution in [-0.4, -0.2) is 13.1 Å². The zero-order chi connectivity index (χ0) is 19.6. The number of fused-ring (bicyclic) bond motifs is 2. The Kier molecular flexibility index (Phi) is 4.50. The summed E-state index contributed by atoms with van der Waals surface area (Å²) in [5, 5.41) is 14.7. The number of rotatable bonds is 3. The van der Waals surface area contributed by atoms with Crippen molar-refractivity contribution in [2.24, 2.45) is 0 Å². The van der Waals surface area contributed by atoms with E-state index in [4.69, 9.17) is 0 Å². The molecule has 0 spiro atoms. The van der Waals surface area contributed by atoms with Gasteiger partial charge < -0.3 is 4.90 Å². The van der Waals surface area contributed by atoms with Crippen LogP contribution in [0.2, 0.25) is 0 Å². The lowest BCUT2D eigenvalue weighted by Crippen LogP contribution is -2.17. The summed E-state index contributed by atoms with van der Waals surface area (Å²) in [6.45, 7) is 2.25. The molecule has 2 heteroatoms. The third kappa shape index (κ3) is 3.26. The molecule has 1 heterocycles. The zero-order valence-electron chi connectivity index (χ0n) is 16.3. The molecule has 0 unspecified atom stereocenters. The predicted molar refractivity (Wildman–Crippen MR) is 123 cm³/mol. The van der Waals surface area contributed by atoms with Gasteiger partial charge in [-0.2, -0.15) is 5.26 Å². The first-order valence-corrected chi connectivity index (χ1v) is 10.2. The third-order valence-corrected chi connectivity index (χ3v) is 5.86. The number of hydrogen-bond donors (Lipinski definition) is 0. The Morgan fingerprint density at radius 1 is 0.793 bits per heavy atom. The molecule has 140 valence electrons. The van der Waals surface area contributed by atoms with E-state index >= 15 is 0 Å². The van der Waals surface area contributed by atoms with Gasteiger partial charge in [-0.15, -0.1) is 0 Å². The van der Waals surface area contributed by atoms with Crippen LogP contribution in [0.5, 0.6) is 0 Å². The number of hydrogen-bond acceptors (Lipinski definition) is 2. The maximum absolute atomic E-state index is 9.89. The van der Waals surface area contributed by atoms with E-state index in [1.54, 1.807) is 0 Å². The highest BCUT2D eigenvalue weighted by Gasteiger charge is 2.16. The summed E-state index contributed by atoms with van der Waals surface area (Å²) in [5.74, 6) is 0. The number of nitriles is 1. The second kappa shape index (κ2) is 7.45. The lowest BCUT2D eigenvalue weighted by molar-refractivity contribution is 0.949. The fourth-order valence-electron chi connectivity index (χ4n) is 4.36. The molecule has 0 radical (unpaired) electrons. The molecule has 0 amide bonds. The van der Waals surface area contributed by atoms with Crippen molar-refractivity contribution < 1.29 is 0 Å². The topological polar surface area (TPSA) is 27.0 Å². The van der Waals surface area contributed by atoms with Gasteiger partial charge >= 0.3 is 0 Å². The van der Waals surface area contributed by atoms with E-state index in [2.05, 4.69) is 71.6 Å². The van der Waals surface area contributed by atoms with Crippen molar-refractivity contribution in [2.45, 2.75) is 12.8 Å². The molecule has 5 rings (SSSR count). The summed E-state index contributed by atoms with van der Waals surface area (Å²) in [4.78, 5) is 2.48. The maximum Gasteiger partial charge on any atom is 0.0998 e. The van der Waals surface area contributed by atoms with Crippen molar-refractivity contribution in [3.05, 3.63) is 90.0 Å². The molecule has 1 aliphatic rings. The highest BCUT2D eigenvalue weighted by Crippen LogP contribution is 2.33. The summed E-state index contributed by atoms with van der Waals surface area (Å²) in [6, 6.07) is 29.8. The molecule has 1 fully saturated rings. The summed E-state index contributed by atoms with van der Waals surface area (Å²) < 4.78 is 0. The Hall–Kier alpha value is -3.57. The van der Waals surface area contributed by atoms with E-state index in [9.17, 15) is 5.26 Å². The van der Waals surface area contributed by atoms with E-state index in [0.717, 1.165) is 29.6 Å². The van der Waals surface area contributed by atoms with E-state index in [1.807, 2.05) is 24.3 Å². The van der Waals surface area contributed by atoms with E-state index in [0.29, 0.717) is 5.57 Å². The Balaban J connectivity index is 1.63. The average molecular weight is 374 g/mol. The van der Waals surface area contributed by atoms with Crippen molar-refractivity contribution in [1.29, 1.82) is 5.26 Å². The van der Waals surface area contributed by atoms with Crippen LogP contribution < -0.4 is 4.90 Å². The number of benzene rings is 4. The van der Waals surface area contributed by atoms with Crippen LogP contribution >= 0.6 is 0 Å². The van der Waals surface area contributed by atoms with Gasteiger partial charge in [-0.25, -0.2) is 0 Å². The van der Waals surface area contributed by atoms with Gasteiger partial charge in [0, 0.05) is 24.2 Å². The molecule has 1 saturated heterocycles. The fraction of sp³-hybridized carbons (Fsp3) is 0.148. The third-order valence-electron chi connectivity index (χ3n) is 5.86. The van der Waals surface area contributed by atoms with E-state index in [1.165, 1.54) is 34.7 Å². The Bertz CT molecular complexity index is 1270. The molecule has 4 aromatic rings. The first kappa shape index (κ1) is 17.5. The maximum atomic E-state index is 9.89. The summed E-state index contributed by atoms with van der Waals surface area (Å²) in [5.41, 5.74) is 4.04. The van der Waals surface area contributed by atoms with Gasteiger partial charge in [0.15, 0.2) is 0 Å². The van der Waals surface area contributed by atoms with Crippen molar-refractivity contribution in [3.63, 3.8) is 0 Å². The molecule has 0 aromatic heterocycles. The van der Waals surface area contributed by atoms with Crippen LogP contribution in [0.1, 0.15) is 24.0 Å². The standard InChI is InChI=1S/C27H22N2/c28-19-24(22-12-11-20-7-1-2-8-21(20)17-22)18-23-13-14-27(29-15-5-6-16-29)26-10-4-3-9-25(23)26/h1-4,7-14,17-18H,5-6,15-16H2/b24-18-. The van der Waals surface area contributed by atoms with E-state index in [-0.39, 0.29) is 0 Å². The molecule has 2 nitrogen and oxygen atoms in total. The highest BCUT2D eigenvalue weighted by molar-refractivity contribution is 6.04. The van der Waals surface area contributed by atoms with Crippen molar-refractivity contribution in [1.82, 2.24) is 0 Å². The van der Waals surface area contributed by atoms with Gasteiger partial charge in [0.2, 0.25) is 0 Å². The Labute approximate surface area is 171 Å². The first-order chi connectivity index (χ1) is 14.3. The molecule has 0 saturated carbocycles. The second-order valence-corrected chi connectivity index (χ2v) is 7.65. The van der Waals surface area contributed by atoms with Crippen LogP contribution in [-0.2, 0) is 0 Å². The molecule has 1 aliphatic heterocycles. The summed E-state index contributed by atoms with van der Waals surface area (Å²) in [7, 11) is 0. The lowest BCUT2D eigenvalue weighted by Gasteiger charge is -2.20. The van der Waals surface area contributed by atoms with Gasteiger partial charge in [-0.1, -0.05) is 66.7 Å². The quantitative estimate of drug-likeness (QED) is 0.296. The van der Waals surface area contributed by atoms with Gasteiger partial charge in [-0.05, 0) is 58.3 Å². The van der Waals surface area contributed by atoms with E-state index < -0.39 is 0 Å². The number of nitrogens with zero attached hydrogens (tertiary/aromatic N) is 2. The molecule has 0 N–H and O–H groups in total. The normalized spacial score (nSPS) is 14.4. The lowest BCUT2D eigenvalue weighted by atomic mass is 9.97. The van der Waals surface area contributed by atoms with Crippen LogP contribution in [0, 0.1) is 11.3 Å². The SMILES string of the molecule is N#C/C(=C/c1ccc(N2CCCC2)c2ccccc12)c1ccc2ccccc2c1. The smallest absolute Gasteiger partial charge is 0.0998 e. The Morgan fingerprint density at radius 2 is 1.52 bits per heavy atom. The minimum absolute atomic E-state index is 0.690. The summed E-state index contributed by atoms with van der Waals surface area (Å²) >= 11 is 0. The monoisotopic (exact) mass is 374 g/mol. The molecule has 0 aliphatic carbocycles. The number of anilines is 1. The minimum atomic E-state index is 0.690. The van der Waals surface area contributed by atoms with Gasteiger partial charge in [0.05, 0.1) is 11.6 Å². The van der Waals surface area contributed by atoms with Gasteiger partial charge in [0.1, 0.15) is 0 Å². The molecular formula is C27H22N2. The molecular weight excluding hydrogens is 352 g/mol. The first-order valence-electron chi connectivity index (χ1n) is 10.2. The van der Waals surface area contributed by atoms with Crippen molar-refractivity contribution >= 4 is 38.9 Å². The Morgan fingerprint density at radius 3 is 2.31 bits per heavy atom. The zero-order valence-corrected chi connectivity index (χ0v) is 16.3. The molecule has 4 aromatic carbocycles. The predicted octanol–water partition coefficient (Wildman–Crippen LogP) is 6.66. The molecule has 0 atom stereocenters. The summed E-state index contributed by atoms with van der Waals surface area (Å²) in [6.07, 6.45) is 4.55. The fourth-order valence-corrected chi connectivity index (χ4v) is 4.36. The van der Waals surface area contributed by atoms with Crippen molar-refractivity contribution in [2.75, 3.05) is 18.0 Å². The molecule has 29 heavy (non-hydrogen) atoms. The number of allylic oxidation sites excluding steroid dienone is 1. The van der Waals surface area contributed by atoms with Crippen LogP contribution in [0.4, 0.5) is 5.69 Å². The van der Waals surface area contributed by atoms with Gasteiger partial charge in [0.25, 0.3) is 0 Å². The van der Waals surface area contributed by atoms with Crippen LogP contribution in [0.15, 0.2) is 78.9 Å². The second-order valence-electron chi connectivity index (χ2n) is 7.65. The average Bonchev–Trinajstić information content (AvgIpc) is 3.32. The van der Waals surface area contributed by atoms with Gasteiger partial charge in [-0.3, -0.25) is 0 Å². The van der Waals surface area contributed by atoms with Crippen molar-refractivity contribution in [3.8, 4) is 6.07 Å². The van der Waals surface area contributed by atoms with Crippen LogP contribution in [0.25, 0.3) is 33.2 Å². The van der Waals surface area contributed by atoms with Crippen LogP contribution in [0.3, 0.4) is 0 Å². The highest BCUT2D eigenvalue weighted by atomic mass is 15.1. The molecule has 0 bridgehead atoms.